The zero-order valence-electron chi connectivity index (χ0n) is 20.0. The van der Waals surface area contributed by atoms with E-state index in [0.29, 0.717) is 43.0 Å². The second-order valence-corrected chi connectivity index (χ2v) is 8.96. The molecule has 3 unspecified atom stereocenters. The molecule has 0 saturated carbocycles. The lowest BCUT2D eigenvalue weighted by Crippen LogP contribution is -2.55. The van der Waals surface area contributed by atoms with Gasteiger partial charge in [0.05, 0.1) is 29.4 Å². The van der Waals surface area contributed by atoms with Crippen molar-refractivity contribution in [3.8, 4) is 5.82 Å². The molecule has 36 heavy (non-hydrogen) atoms. The summed E-state index contributed by atoms with van der Waals surface area (Å²) >= 11 is 0. The van der Waals surface area contributed by atoms with Crippen molar-refractivity contribution < 1.29 is 24.2 Å². The van der Waals surface area contributed by atoms with Crippen LogP contribution in [0.15, 0.2) is 36.8 Å². The fourth-order valence-electron chi connectivity index (χ4n) is 4.80. The summed E-state index contributed by atoms with van der Waals surface area (Å²) in [5.41, 5.74) is 3.51. The summed E-state index contributed by atoms with van der Waals surface area (Å²) in [4.78, 5) is 31.0. The molecule has 12 heteroatoms. The molecule has 0 spiro atoms. The van der Waals surface area contributed by atoms with Crippen LogP contribution < -0.4 is 5.32 Å². The lowest BCUT2D eigenvalue weighted by molar-refractivity contribution is -0.00755. The van der Waals surface area contributed by atoms with Gasteiger partial charge >= 0.3 is 5.97 Å². The molecule has 2 aliphatic rings. The summed E-state index contributed by atoms with van der Waals surface area (Å²) in [7, 11) is 1.62. The number of aliphatic hydroxyl groups is 1. The Morgan fingerprint density at radius 2 is 2.19 bits per heavy atom. The number of β-amino-alcohol motifs (C(OH)–C–C–N with tert-alkyl or cyclic N) is 1. The average molecular weight is 494 g/mol. The highest BCUT2D eigenvalue weighted by Gasteiger charge is 2.32. The third-order valence-electron chi connectivity index (χ3n) is 6.85. The third kappa shape index (κ3) is 4.70. The minimum absolute atomic E-state index is 0.181. The molecule has 12 nitrogen and oxygen atoms in total. The topological polar surface area (TPSA) is 145 Å². The van der Waals surface area contributed by atoms with Gasteiger partial charge in [0.25, 0.3) is 5.91 Å². The number of benzene rings is 1. The van der Waals surface area contributed by atoms with Crippen LogP contribution in [0.2, 0.25) is 0 Å². The Hall–Kier alpha value is -3.74. The number of aliphatic hydroxyl groups excluding tert-OH is 1. The maximum atomic E-state index is 12.8. The first-order valence-electron chi connectivity index (χ1n) is 11.7. The molecule has 2 aliphatic heterocycles. The van der Waals surface area contributed by atoms with E-state index in [1.807, 2.05) is 6.92 Å². The lowest BCUT2D eigenvalue weighted by Gasteiger charge is -2.39. The van der Waals surface area contributed by atoms with E-state index in [9.17, 15) is 14.7 Å². The van der Waals surface area contributed by atoms with Gasteiger partial charge in [0.15, 0.2) is 5.82 Å². The van der Waals surface area contributed by atoms with Gasteiger partial charge in [-0.05, 0) is 53.1 Å². The van der Waals surface area contributed by atoms with E-state index in [1.165, 1.54) is 17.2 Å². The quantitative estimate of drug-likeness (QED) is 0.449. The number of rotatable bonds is 7. The van der Waals surface area contributed by atoms with E-state index in [-0.39, 0.29) is 30.6 Å². The summed E-state index contributed by atoms with van der Waals surface area (Å²) in [6.45, 7) is 3.80. The molecular weight excluding hydrogens is 466 g/mol. The number of carbonyl (C=O) groups excluding carboxylic acids is 2. The Balaban J connectivity index is 1.19. The number of methoxy groups -OCH3 is 1. The number of cyclic esters (lactones) is 1. The summed E-state index contributed by atoms with van der Waals surface area (Å²) < 4.78 is 12.2. The van der Waals surface area contributed by atoms with Gasteiger partial charge in [0, 0.05) is 38.5 Å². The Kier molecular flexibility index (Phi) is 6.72. The number of hydrogen-bond donors (Lipinski definition) is 2. The minimum atomic E-state index is -0.723. The van der Waals surface area contributed by atoms with E-state index in [0.717, 1.165) is 16.7 Å². The molecule has 4 heterocycles. The Morgan fingerprint density at radius 1 is 1.33 bits per heavy atom. The number of tetrazole rings is 1. The number of pyridine rings is 1. The molecule has 3 aromatic rings. The highest BCUT2D eigenvalue weighted by atomic mass is 16.5. The van der Waals surface area contributed by atoms with Crippen molar-refractivity contribution in [3.05, 3.63) is 64.6 Å². The maximum absolute atomic E-state index is 12.8. The van der Waals surface area contributed by atoms with Gasteiger partial charge in [0.2, 0.25) is 0 Å². The van der Waals surface area contributed by atoms with Gasteiger partial charge in [-0.3, -0.25) is 9.69 Å². The van der Waals surface area contributed by atoms with Crippen LogP contribution in [0.1, 0.15) is 49.9 Å². The highest BCUT2D eigenvalue weighted by Crippen LogP contribution is 2.30. The maximum Gasteiger partial charge on any atom is 0.338 e. The Bertz CT molecular complexity index is 1250. The molecular formula is C24H27N7O5. The number of amides is 1. The predicted octanol–water partition coefficient (Wildman–Crippen LogP) is 0.589. The van der Waals surface area contributed by atoms with Gasteiger partial charge in [-0.25, -0.2) is 9.78 Å². The highest BCUT2D eigenvalue weighted by molar-refractivity contribution is 5.94. The molecule has 1 amide bonds. The van der Waals surface area contributed by atoms with Gasteiger partial charge in [-0.1, -0.05) is 6.07 Å². The first-order valence-corrected chi connectivity index (χ1v) is 11.7. The summed E-state index contributed by atoms with van der Waals surface area (Å²) in [6.07, 6.45) is 2.61. The van der Waals surface area contributed by atoms with Crippen LogP contribution in [0.5, 0.6) is 0 Å². The molecule has 1 aromatic carbocycles. The Labute approximate surface area is 207 Å². The molecule has 2 N–H and O–H groups in total. The SMILES string of the molecule is COC1CN(CC(O)c2ccc3c(c2C)COC3=O)CCC1NC(=O)c1ccc(-n2cnnn2)nc1. The fourth-order valence-corrected chi connectivity index (χ4v) is 4.80. The molecule has 5 rings (SSSR count). The Morgan fingerprint density at radius 3 is 2.92 bits per heavy atom. The summed E-state index contributed by atoms with van der Waals surface area (Å²) in [5.74, 6) is -0.0480. The van der Waals surface area contributed by atoms with E-state index < -0.39 is 6.10 Å². The number of likely N-dealkylation sites (tertiary alicyclic amines) is 1. The van der Waals surface area contributed by atoms with Crippen LogP contribution >= 0.6 is 0 Å². The second-order valence-electron chi connectivity index (χ2n) is 8.96. The predicted molar refractivity (Wildman–Crippen MR) is 125 cm³/mol. The largest absolute Gasteiger partial charge is 0.457 e. The van der Waals surface area contributed by atoms with Crippen molar-refractivity contribution >= 4 is 11.9 Å². The van der Waals surface area contributed by atoms with Crippen LogP contribution in [0.25, 0.3) is 5.82 Å². The molecule has 0 radical (unpaired) electrons. The van der Waals surface area contributed by atoms with Crippen LogP contribution in [0, 0.1) is 6.92 Å². The molecule has 188 valence electrons. The van der Waals surface area contributed by atoms with Crippen molar-refractivity contribution in [1.29, 1.82) is 0 Å². The molecule has 1 fully saturated rings. The van der Waals surface area contributed by atoms with E-state index in [4.69, 9.17) is 9.47 Å². The molecule has 0 bridgehead atoms. The lowest BCUT2D eigenvalue weighted by atomic mass is 9.94. The second kappa shape index (κ2) is 10.1. The number of piperidine rings is 1. The summed E-state index contributed by atoms with van der Waals surface area (Å²) in [5, 5.41) is 24.9. The number of esters is 1. The monoisotopic (exact) mass is 493 g/mol. The number of carbonyl (C=O) groups is 2. The molecule has 1 saturated heterocycles. The molecule has 2 aromatic heterocycles. The zero-order valence-corrected chi connectivity index (χ0v) is 20.0. The van der Waals surface area contributed by atoms with Gasteiger partial charge in [-0.2, -0.15) is 4.68 Å². The minimum Gasteiger partial charge on any atom is -0.457 e. The third-order valence-corrected chi connectivity index (χ3v) is 6.85. The normalized spacial score (nSPS) is 20.6. The zero-order chi connectivity index (χ0) is 25.2. The number of fused-ring (bicyclic) bond motifs is 1. The van der Waals surface area contributed by atoms with Crippen molar-refractivity contribution in [1.82, 2.24) is 35.4 Å². The number of nitrogens with zero attached hydrogens (tertiary/aromatic N) is 6. The number of nitrogens with one attached hydrogen (secondary N) is 1. The number of aromatic nitrogens is 5. The van der Waals surface area contributed by atoms with Crippen molar-refractivity contribution in [2.24, 2.45) is 0 Å². The summed E-state index contributed by atoms with van der Waals surface area (Å²) in [6, 6.07) is 6.68. The average Bonchev–Trinajstić information content (AvgIpc) is 3.56. The standard InChI is InChI=1S/C24H27N7O5/c1-14-16(4-5-17-18(14)12-36-24(17)34)20(32)10-30-8-7-19(21(11-30)35-2)27-23(33)15-3-6-22(25-9-15)31-13-26-28-29-31/h3-6,9,13,19-21,32H,7-8,10-12H2,1-2H3,(H,27,33). The van der Waals surface area contributed by atoms with Crippen LogP contribution in [0.3, 0.4) is 0 Å². The molecule has 3 atom stereocenters. The number of hydrogen-bond acceptors (Lipinski definition) is 10. The molecule has 0 aliphatic carbocycles. The van der Waals surface area contributed by atoms with E-state index in [2.05, 4.69) is 30.7 Å². The number of ether oxygens (including phenoxy) is 2. The van der Waals surface area contributed by atoms with E-state index >= 15 is 0 Å². The fraction of sp³-hybridized carbons (Fsp3) is 0.417. The van der Waals surface area contributed by atoms with Crippen molar-refractivity contribution in [3.63, 3.8) is 0 Å². The van der Waals surface area contributed by atoms with Gasteiger partial charge in [-0.15, -0.1) is 5.10 Å². The van der Waals surface area contributed by atoms with Crippen molar-refractivity contribution in [2.75, 3.05) is 26.7 Å². The van der Waals surface area contributed by atoms with Crippen LogP contribution in [-0.2, 0) is 16.1 Å². The van der Waals surface area contributed by atoms with Crippen molar-refractivity contribution in [2.45, 2.75) is 38.2 Å². The van der Waals surface area contributed by atoms with Gasteiger partial charge in [0.1, 0.15) is 12.9 Å². The van der Waals surface area contributed by atoms with E-state index in [1.54, 1.807) is 31.4 Å². The first-order chi connectivity index (χ1) is 17.4. The smallest absolute Gasteiger partial charge is 0.338 e. The van der Waals surface area contributed by atoms with Crippen LogP contribution in [-0.4, -0.2) is 86.0 Å². The first kappa shape index (κ1) is 24.0. The van der Waals surface area contributed by atoms with Crippen LogP contribution in [0.4, 0.5) is 0 Å². The van der Waals surface area contributed by atoms with Gasteiger partial charge < -0.3 is 19.9 Å².